The minimum absolute atomic E-state index is 0.412. The van der Waals surface area contributed by atoms with Gasteiger partial charge in [0.25, 0.3) is 0 Å². The average Bonchev–Trinajstić information content (AvgIpc) is 2.68. The fourth-order valence-electron chi connectivity index (χ4n) is 1.58. The second-order valence-electron chi connectivity index (χ2n) is 3.42. The third-order valence-corrected chi connectivity index (χ3v) is 2.38. The van der Waals surface area contributed by atoms with Crippen molar-refractivity contribution in [1.29, 1.82) is 0 Å². The lowest BCUT2D eigenvalue weighted by Crippen LogP contribution is -2.16. The zero-order valence-electron chi connectivity index (χ0n) is 8.09. The van der Waals surface area contributed by atoms with Gasteiger partial charge in [0.1, 0.15) is 0 Å². The van der Waals surface area contributed by atoms with E-state index in [1.807, 2.05) is 0 Å². The molecule has 1 aliphatic rings. The van der Waals surface area contributed by atoms with Crippen LogP contribution in [-0.2, 0) is 11.3 Å². The van der Waals surface area contributed by atoms with Gasteiger partial charge in [0, 0.05) is 25.7 Å². The van der Waals surface area contributed by atoms with E-state index in [4.69, 9.17) is 10.5 Å². The van der Waals surface area contributed by atoms with Crippen LogP contribution in [0.15, 0.2) is 0 Å². The highest BCUT2D eigenvalue weighted by molar-refractivity contribution is 4.92. The molecular weight excluding hydrogens is 182 g/mol. The van der Waals surface area contributed by atoms with Gasteiger partial charge >= 0.3 is 0 Å². The van der Waals surface area contributed by atoms with Crippen LogP contribution in [0.2, 0.25) is 0 Å². The number of rotatable bonds is 3. The van der Waals surface area contributed by atoms with E-state index in [0.717, 1.165) is 31.9 Å². The van der Waals surface area contributed by atoms with Crippen LogP contribution in [0, 0.1) is 0 Å². The molecule has 1 aromatic heterocycles. The largest absolute Gasteiger partial charge is 0.381 e. The van der Waals surface area contributed by atoms with Crippen LogP contribution < -0.4 is 5.73 Å². The molecule has 1 aromatic rings. The number of hydrogen-bond acceptors (Lipinski definition) is 5. The van der Waals surface area contributed by atoms with Crippen molar-refractivity contribution < 1.29 is 4.74 Å². The standard InChI is InChI=1S/C8H15N5O/c9-3-4-13-11-8(10-12-13)7-1-5-14-6-2-7/h7H,1-6,9H2. The number of aromatic nitrogens is 4. The summed E-state index contributed by atoms with van der Waals surface area (Å²) in [5.41, 5.74) is 5.40. The van der Waals surface area contributed by atoms with Crippen LogP contribution in [-0.4, -0.2) is 40.0 Å². The van der Waals surface area contributed by atoms with Gasteiger partial charge in [0.2, 0.25) is 0 Å². The quantitative estimate of drug-likeness (QED) is 0.708. The minimum atomic E-state index is 0.412. The Balaban J connectivity index is 2.00. The van der Waals surface area contributed by atoms with E-state index in [0.29, 0.717) is 19.0 Å². The maximum absolute atomic E-state index is 5.40. The maximum atomic E-state index is 5.40. The molecular formula is C8H15N5O. The normalized spacial score (nSPS) is 18.6. The first-order valence-electron chi connectivity index (χ1n) is 4.95. The van der Waals surface area contributed by atoms with Gasteiger partial charge in [-0.3, -0.25) is 0 Å². The summed E-state index contributed by atoms with van der Waals surface area (Å²) in [6, 6.07) is 0. The van der Waals surface area contributed by atoms with E-state index in [-0.39, 0.29) is 0 Å². The number of hydrogen-bond donors (Lipinski definition) is 1. The lowest BCUT2D eigenvalue weighted by Gasteiger charge is -2.18. The number of nitrogens with zero attached hydrogens (tertiary/aromatic N) is 4. The molecule has 0 atom stereocenters. The van der Waals surface area contributed by atoms with Gasteiger partial charge in [-0.2, -0.15) is 4.80 Å². The van der Waals surface area contributed by atoms with Gasteiger partial charge < -0.3 is 10.5 Å². The molecule has 0 amide bonds. The molecule has 1 fully saturated rings. The first kappa shape index (κ1) is 9.54. The molecule has 0 radical (unpaired) electrons. The lowest BCUT2D eigenvalue weighted by molar-refractivity contribution is 0.0835. The van der Waals surface area contributed by atoms with Crippen molar-refractivity contribution in [3.05, 3.63) is 5.82 Å². The summed E-state index contributed by atoms with van der Waals surface area (Å²) in [6.45, 7) is 2.78. The molecule has 2 N–H and O–H groups in total. The molecule has 14 heavy (non-hydrogen) atoms. The molecule has 78 valence electrons. The van der Waals surface area contributed by atoms with Gasteiger partial charge in [-0.25, -0.2) is 0 Å². The average molecular weight is 197 g/mol. The molecule has 0 aliphatic carbocycles. The van der Waals surface area contributed by atoms with Crippen molar-refractivity contribution in [1.82, 2.24) is 20.2 Å². The van der Waals surface area contributed by atoms with Crippen LogP contribution in [0.25, 0.3) is 0 Å². The molecule has 0 bridgehead atoms. The van der Waals surface area contributed by atoms with Crippen molar-refractivity contribution in [3.63, 3.8) is 0 Å². The van der Waals surface area contributed by atoms with Crippen molar-refractivity contribution in [3.8, 4) is 0 Å². The second kappa shape index (κ2) is 4.47. The molecule has 0 spiro atoms. The zero-order chi connectivity index (χ0) is 9.80. The minimum Gasteiger partial charge on any atom is -0.381 e. The predicted octanol–water partition coefficient (Wildman–Crippen LogP) is -0.474. The number of ether oxygens (including phenoxy) is 1. The highest BCUT2D eigenvalue weighted by Crippen LogP contribution is 2.22. The molecule has 2 rings (SSSR count). The summed E-state index contributed by atoms with van der Waals surface area (Å²) < 4.78 is 5.27. The van der Waals surface area contributed by atoms with Gasteiger partial charge in [-0.15, -0.1) is 10.2 Å². The van der Waals surface area contributed by atoms with E-state index in [1.165, 1.54) is 0 Å². The molecule has 2 heterocycles. The Kier molecular flexibility index (Phi) is 3.05. The van der Waals surface area contributed by atoms with E-state index in [1.54, 1.807) is 4.80 Å². The fraction of sp³-hybridized carbons (Fsp3) is 0.875. The monoisotopic (exact) mass is 197 g/mol. The van der Waals surface area contributed by atoms with Gasteiger partial charge in [0.05, 0.1) is 6.54 Å². The van der Waals surface area contributed by atoms with E-state index in [9.17, 15) is 0 Å². The Bertz CT molecular complexity index is 281. The summed E-state index contributed by atoms with van der Waals surface area (Å²) in [5.74, 6) is 1.25. The van der Waals surface area contributed by atoms with E-state index in [2.05, 4.69) is 15.4 Å². The van der Waals surface area contributed by atoms with Gasteiger partial charge in [-0.1, -0.05) is 0 Å². The molecule has 1 aliphatic heterocycles. The Labute approximate surface area is 82.4 Å². The first-order chi connectivity index (χ1) is 6.90. The first-order valence-corrected chi connectivity index (χ1v) is 4.95. The summed E-state index contributed by atoms with van der Waals surface area (Å²) in [5, 5.41) is 12.2. The molecule has 6 heteroatoms. The summed E-state index contributed by atoms with van der Waals surface area (Å²) >= 11 is 0. The Morgan fingerprint density at radius 3 is 2.93 bits per heavy atom. The third-order valence-electron chi connectivity index (χ3n) is 2.38. The number of nitrogens with two attached hydrogens (primary N) is 1. The Morgan fingerprint density at radius 1 is 1.43 bits per heavy atom. The highest BCUT2D eigenvalue weighted by Gasteiger charge is 2.20. The molecule has 0 unspecified atom stereocenters. The second-order valence-corrected chi connectivity index (χ2v) is 3.42. The van der Waals surface area contributed by atoms with Gasteiger partial charge in [-0.05, 0) is 18.1 Å². The SMILES string of the molecule is NCCn1nnc(C2CCOCC2)n1. The van der Waals surface area contributed by atoms with E-state index < -0.39 is 0 Å². The highest BCUT2D eigenvalue weighted by atomic mass is 16.5. The van der Waals surface area contributed by atoms with Crippen LogP contribution >= 0.6 is 0 Å². The molecule has 0 saturated carbocycles. The van der Waals surface area contributed by atoms with Crippen molar-refractivity contribution in [2.45, 2.75) is 25.3 Å². The Hall–Kier alpha value is -1.01. The van der Waals surface area contributed by atoms with Crippen molar-refractivity contribution in [2.75, 3.05) is 19.8 Å². The maximum Gasteiger partial charge on any atom is 0.178 e. The third kappa shape index (κ3) is 2.08. The molecule has 0 aromatic carbocycles. The van der Waals surface area contributed by atoms with Gasteiger partial charge in [0.15, 0.2) is 5.82 Å². The van der Waals surface area contributed by atoms with Crippen molar-refractivity contribution >= 4 is 0 Å². The van der Waals surface area contributed by atoms with Crippen molar-refractivity contribution in [2.24, 2.45) is 5.73 Å². The topological polar surface area (TPSA) is 78.9 Å². The fourth-order valence-corrected chi connectivity index (χ4v) is 1.58. The molecule has 6 nitrogen and oxygen atoms in total. The predicted molar refractivity (Wildman–Crippen MR) is 49.7 cm³/mol. The van der Waals surface area contributed by atoms with Crippen LogP contribution in [0.3, 0.4) is 0 Å². The Morgan fingerprint density at radius 2 is 2.21 bits per heavy atom. The lowest BCUT2D eigenvalue weighted by atomic mass is 10.00. The summed E-state index contributed by atoms with van der Waals surface area (Å²) in [4.78, 5) is 1.56. The smallest absolute Gasteiger partial charge is 0.178 e. The van der Waals surface area contributed by atoms with Crippen LogP contribution in [0.4, 0.5) is 0 Å². The van der Waals surface area contributed by atoms with Crippen LogP contribution in [0.5, 0.6) is 0 Å². The van der Waals surface area contributed by atoms with Crippen LogP contribution in [0.1, 0.15) is 24.6 Å². The summed E-state index contributed by atoms with van der Waals surface area (Å²) in [6.07, 6.45) is 1.99. The number of tetrazole rings is 1. The van der Waals surface area contributed by atoms with E-state index >= 15 is 0 Å². The zero-order valence-corrected chi connectivity index (χ0v) is 8.09. The molecule has 1 saturated heterocycles. The summed E-state index contributed by atoms with van der Waals surface area (Å²) in [7, 11) is 0.